The zero-order valence-corrected chi connectivity index (χ0v) is 10.9. The van der Waals surface area contributed by atoms with E-state index in [0.717, 1.165) is 30.0 Å². The zero-order chi connectivity index (χ0) is 12.5. The third-order valence-corrected chi connectivity index (χ3v) is 2.63. The molecule has 94 valence electrons. The Balaban J connectivity index is 2.14. The second-order valence-electron chi connectivity index (χ2n) is 3.93. The Hall–Kier alpha value is -1.06. The van der Waals surface area contributed by atoms with Crippen molar-refractivity contribution < 1.29 is 4.79 Å². The minimum atomic E-state index is 0.0485. The Morgan fingerprint density at radius 1 is 1.29 bits per heavy atom. The molecular weight excluding hydrogens is 236 g/mol. The topological polar surface area (TPSA) is 41.1 Å². The fourth-order valence-electron chi connectivity index (χ4n) is 1.39. The summed E-state index contributed by atoms with van der Waals surface area (Å²) in [5, 5.41) is 6.68. The molecular formula is C13H19ClN2O. The van der Waals surface area contributed by atoms with E-state index in [4.69, 9.17) is 11.6 Å². The normalized spacial score (nSPS) is 10.2. The molecule has 0 bridgehead atoms. The van der Waals surface area contributed by atoms with Gasteiger partial charge in [-0.1, -0.05) is 37.1 Å². The van der Waals surface area contributed by atoms with Crippen LogP contribution >= 0.6 is 11.6 Å². The molecule has 0 aliphatic rings. The van der Waals surface area contributed by atoms with E-state index in [0.29, 0.717) is 13.1 Å². The van der Waals surface area contributed by atoms with Gasteiger partial charge >= 0.3 is 0 Å². The molecule has 0 aromatic heterocycles. The van der Waals surface area contributed by atoms with Gasteiger partial charge in [0.05, 0.1) is 6.54 Å². The predicted octanol–water partition coefficient (Wildman–Crippen LogP) is 2.35. The van der Waals surface area contributed by atoms with Gasteiger partial charge in [0.15, 0.2) is 0 Å². The fraction of sp³-hybridized carbons (Fsp3) is 0.462. The highest BCUT2D eigenvalue weighted by Crippen LogP contribution is 2.08. The molecule has 2 N–H and O–H groups in total. The van der Waals surface area contributed by atoms with Crippen molar-refractivity contribution in [3.63, 3.8) is 0 Å². The number of benzene rings is 1. The lowest BCUT2D eigenvalue weighted by molar-refractivity contribution is -0.120. The minimum Gasteiger partial charge on any atom is -0.355 e. The summed E-state index contributed by atoms with van der Waals surface area (Å²) in [6.07, 6.45) is 2.13. The van der Waals surface area contributed by atoms with Gasteiger partial charge in [0.25, 0.3) is 0 Å². The van der Waals surface area contributed by atoms with Gasteiger partial charge < -0.3 is 10.6 Å². The molecule has 0 saturated carbocycles. The molecule has 0 saturated heterocycles. The van der Waals surface area contributed by atoms with Crippen LogP contribution in [-0.2, 0) is 11.3 Å². The first-order valence-electron chi connectivity index (χ1n) is 5.94. The summed E-state index contributed by atoms with van der Waals surface area (Å²) in [6, 6.07) is 7.59. The van der Waals surface area contributed by atoms with Gasteiger partial charge in [-0.25, -0.2) is 0 Å². The molecule has 1 rings (SSSR count). The molecule has 0 spiro atoms. The Morgan fingerprint density at radius 3 is 2.65 bits per heavy atom. The van der Waals surface area contributed by atoms with Crippen molar-refractivity contribution in [2.24, 2.45) is 0 Å². The Labute approximate surface area is 108 Å². The molecule has 4 heteroatoms. The monoisotopic (exact) mass is 254 g/mol. The standard InChI is InChI=1S/C13H19ClN2O/c1-2-3-8-16-13(17)10-15-9-11-4-6-12(14)7-5-11/h4-7,15H,2-3,8-10H2,1H3,(H,16,17). The van der Waals surface area contributed by atoms with E-state index >= 15 is 0 Å². The summed E-state index contributed by atoms with van der Waals surface area (Å²) < 4.78 is 0. The van der Waals surface area contributed by atoms with Gasteiger partial charge in [-0.2, -0.15) is 0 Å². The highest BCUT2D eigenvalue weighted by atomic mass is 35.5. The van der Waals surface area contributed by atoms with Crippen LogP contribution in [0.25, 0.3) is 0 Å². The third kappa shape index (κ3) is 6.29. The molecule has 0 atom stereocenters. The number of carbonyl (C=O) groups excluding carboxylic acids is 1. The maximum atomic E-state index is 11.4. The molecule has 1 aromatic rings. The van der Waals surface area contributed by atoms with E-state index in [9.17, 15) is 4.79 Å². The second-order valence-corrected chi connectivity index (χ2v) is 4.37. The molecule has 0 radical (unpaired) electrons. The van der Waals surface area contributed by atoms with E-state index in [1.165, 1.54) is 0 Å². The average molecular weight is 255 g/mol. The summed E-state index contributed by atoms with van der Waals surface area (Å²) in [5.74, 6) is 0.0485. The van der Waals surface area contributed by atoms with Gasteiger partial charge in [-0.15, -0.1) is 0 Å². The number of unbranched alkanes of at least 4 members (excludes halogenated alkanes) is 1. The molecule has 0 aliphatic carbocycles. The van der Waals surface area contributed by atoms with E-state index in [1.807, 2.05) is 24.3 Å². The number of carbonyl (C=O) groups is 1. The summed E-state index contributed by atoms with van der Waals surface area (Å²) in [4.78, 5) is 11.4. The van der Waals surface area contributed by atoms with Crippen molar-refractivity contribution in [1.29, 1.82) is 0 Å². The summed E-state index contributed by atoms with van der Waals surface area (Å²) in [6.45, 7) is 3.90. The van der Waals surface area contributed by atoms with Crippen LogP contribution in [-0.4, -0.2) is 19.0 Å². The van der Waals surface area contributed by atoms with Gasteiger partial charge in [-0.3, -0.25) is 4.79 Å². The summed E-state index contributed by atoms with van der Waals surface area (Å²) in [5.41, 5.74) is 1.12. The van der Waals surface area contributed by atoms with Crippen molar-refractivity contribution >= 4 is 17.5 Å². The van der Waals surface area contributed by atoms with Crippen molar-refractivity contribution in [2.45, 2.75) is 26.3 Å². The molecule has 0 fully saturated rings. The quantitative estimate of drug-likeness (QED) is 0.734. The van der Waals surface area contributed by atoms with E-state index in [-0.39, 0.29) is 5.91 Å². The van der Waals surface area contributed by atoms with Crippen molar-refractivity contribution in [2.75, 3.05) is 13.1 Å². The molecule has 1 aromatic carbocycles. The van der Waals surface area contributed by atoms with Crippen molar-refractivity contribution in [3.05, 3.63) is 34.9 Å². The van der Waals surface area contributed by atoms with Crippen LogP contribution in [0.3, 0.4) is 0 Å². The van der Waals surface area contributed by atoms with Crippen LogP contribution in [0.15, 0.2) is 24.3 Å². The predicted molar refractivity (Wildman–Crippen MR) is 71.1 cm³/mol. The number of nitrogens with one attached hydrogen (secondary N) is 2. The maximum absolute atomic E-state index is 11.4. The Kier molecular flexibility index (Phi) is 6.67. The largest absolute Gasteiger partial charge is 0.355 e. The van der Waals surface area contributed by atoms with E-state index in [1.54, 1.807) is 0 Å². The fourth-order valence-corrected chi connectivity index (χ4v) is 1.52. The third-order valence-electron chi connectivity index (χ3n) is 2.38. The minimum absolute atomic E-state index is 0.0485. The maximum Gasteiger partial charge on any atom is 0.233 e. The molecule has 17 heavy (non-hydrogen) atoms. The zero-order valence-electron chi connectivity index (χ0n) is 10.1. The second kappa shape index (κ2) is 8.09. The van der Waals surface area contributed by atoms with Crippen LogP contribution < -0.4 is 10.6 Å². The highest BCUT2D eigenvalue weighted by Gasteiger charge is 1.99. The molecule has 0 heterocycles. The lowest BCUT2D eigenvalue weighted by atomic mass is 10.2. The van der Waals surface area contributed by atoms with Gasteiger partial charge in [-0.05, 0) is 24.1 Å². The van der Waals surface area contributed by atoms with Crippen LogP contribution in [0.5, 0.6) is 0 Å². The number of amides is 1. The van der Waals surface area contributed by atoms with Crippen LogP contribution in [0.4, 0.5) is 0 Å². The smallest absolute Gasteiger partial charge is 0.233 e. The first-order chi connectivity index (χ1) is 8.22. The first-order valence-corrected chi connectivity index (χ1v) is 6.32. The van der Waals surface area contributed by atoms with E-state index in [2.05, 4.69) is 17.6 Å². The van der Waals surface area contributed by atoms with Crippen LogP contribution in [0, 0.1) is 0 Å². The van der Waals surface area contributed by atoms with E-state index < -0.39 is 0 Å². The van der Waals surface area contributed by atoms with Gasteiger partial charge in [0.1, 0.15) is 0 Å². The molecule has 1 amide bonds. The average Bonchev–Trinajstić information content (AvgIpc) is 2.32. The highest BCUT2D eigenvalue weighted by molar-refractivity contribution is 6.30. The summed E-state index contributed by atoms with van der Waals surface area (Å²) in [7, 11) is 0. The van der Waals surface area contributed by atoms with Crippen LogP contribution in [0.1, 0.15) is 25.3 Å². The number of hydrogen-bond acceptors (Lipinski definition) is 2. The van der Waals surface area contributed by atoms with Gasteiger partial charge in [0, 0.05) is 18.1 Å². The first kappa shape index (κ1) is 14.0. The molecule has 0 aliphatic heterocycles. The van der Waals surface area contributed by atoms with Crippen molar-refractivity contribution in [1.82, 2.24) is 10.6 Å². The molecule has 3 nitrogen and oxygen atoms in total. The summed E-state index contributed by atoms with van der Waals surface area (Å²) >= 11 is 5.78. The number of hydrogen-bond donors (Lipinski definition) is 2. The lowest BCUT2D eigenvalue weighted by Gasteiger charge is -2.06. The Morgan fingerprint density at radius 2 is 2.00 bits per heavy atom. The lowest BCUT2D eigenvalue weighted by Crippen LogP contribution is -2.34. The molecule has 0 unspecified atom stereocenters. The number of rotatable bonds is 7. The van der Waals surface area contributed by atoms with Crippen LogP contribution in [0.2, 0.25) is 5.02 Å². The SMILES string of the molecule is CCCCNC(=O)CNCc1ccc(Cl)cc1. The number of halogens is 1. The van der Waals surface area contributed by atoms with Gasteiger partial charge in [0.2, 0.25) is 5.91 Å². The van der Waals surface area contributed by atoms with Crippen molar-refractivity contribution in [3.8, 4) is 0 Å². The Bertz CT molecular complexity index is 338.